The van der Waals surface area contributed by atoms with Gasteiger partial charge in [0.2, 0.25) is 5.91 Å². The zero-order valence-corrected chi connectivity index (χ0v) is 11.6. The van der Waals surface area contributed by atoms with E-state index in [9.17, 15) is 9.59 Å². The summed E-state index contributed by atoms with van der Waals surface area (Å²) in [5.41, 5.74) is 0.611. The molecule has 1 aromatic rings. The number of thioether (sulfide) groups is 1. The van der Waals surface area contributed by atoms with Crippen LogP contribution in [0.3, 0.4) is 0 Å². The molecule has 1 aromatic heterocycles. The third-order valence-corrected chi connectivity index (χ3v) is 4.27. The van der Waals surface area contributed by atoms with E-state index < -0.39 is 0 Å². The lowest BCUT2D eigenvalue weighted by Crippen LogP contribution is -2.27. The van der Waals surface area contributed by atoms with E-state index in [-0.39, 0.29) is 23.7 Å². The normalized spacial score (nSPS) is 18.9. The predicted octanol–water partition coefficient (Wildman–Crippen LogP) is 1.28. The van der Waals surface area contributed by atoms with E-state index >= 15 is 0 Å². The predicted molar refractivity (Wildman–Crippen MR) is 73.0 cm³/mol. The van der Waals surface area contributed by atoms with E-state index in [0.29, 0.717) is 5.69 Å². The van der Waals surface area contributed by atoms with Gasteiger partial charge >= 0.3 is 5.97 Å². The van der Waals surface area contributed by atoms with Crippen LogP contribution in [0.15, 0.2) is 12.4 Å². The number of ether oxygens (including phenoxy) is 1. The van der Waals surface area contributed by atoms with Crippen LogP contribution in [0, 0.1) is 0 Å². The largest absolute Gasteiger partial charge is 0.468 e. The van der Waals surface area contributed by atoms with Crippen LogP contribution >= 0.6 is 11.8 Å². The average molecular weight is 283 g/mol. The number of anilines is 1. The maximum Gasteiger partial charge on any atom is 0.327 e. The van der Waals surface area contributed by atoms with Gasteiger partial charge in [-0.15, -0.1) is 11.8 Å². The van der Waals surface area contributed by atoms with Gasteiger partial charge in [0.1, 0.15) is 6.54 Å². The third kappa shape index (κ3) is 3.99. The lowest BCUT2D eigenvalue weighted by atomic mass is 10.2. The smallest absolute Gasteiger partial charge is 0.327 e. The second-order valence-corrected chi connectivity index (χ2v) is 5.66. The Labute approximate surface area is 115 Å². The summed E-state index contributed by atoms with van der Waals surface area (Å²) in [5.74, 6) is 0.686. The Kier molecular flexibility index (Phi) is 4.84. The highest BCUT2D eigenvalue weighted by Gasteiger charge is 2.22. The van der Waals surface area contributed by atoms with Crippen molar-refractivity contribution in [2.45, 2.75) is 31.1 Å². The highest BCUT2D eigenvalue weighted by molar-refractivity contribution is 8.00. The first-order valence-electron chi connectivity index (χ1n) is 6.21. The molecule has 0 aliphatic carbocycles. The zero-order valence-electron chi connectivity index (χ0n) is 10.8. The van der Waals surface area contributed by atoms with Crippen LogP contribution < -0.4 is 5.32 Å². The lowest BCUT2D eigenvalue weighted by molar-refractivity contribution is -0.141. The van der Waals surface area contributed by atoms with Gasteiger partial charge in [-0.2, -0.15) is 5.10 Å². The summed E-state index contributed by atoms with van der Waals surface area (Å²) >= 11 is 1.70. The molecule has 0 spiro atoms. The Morgan fingerprint density at radius 1 is 1.58 bits per heavy atom. The summed E-state index contributed by atoms with van der Waals surface area (Å²) in [4.78, 5) is 23.1. The van der Waals surface area contributed by atoms with Gasteiger partial charge < -0.3 is 10.1 Å². The van der Waals surface area contributed by atoms with Gasteiger partial charge in [0.15, 0.2) is 0 Å². The minimum atomic E-state index is -0.371. The number of nitrogens with one attached hydrogen (secondary N) is 1. The Morgan fingerprint density at radius 3 is 3.11 bits per heavy atom. The number of carbonyl (C=O) groups excluding carboxylic acids is 2. The Hall–Kier alpha value is -1.50. The number of hydrogen-bond donors (Lipinski definition) is 1. The second-order valence-electron chi connectivity index (χ2n) is 4.35. The monoisotopic (exact) mass is 283 g/mol. The van der Waals surface area contributed by atoms with Gasteiger partial charge in [0, 0.05) is 6.20 Å². The highest BCUT2D eigenvalue weighted by Crippen LogP contribution is 2.26. The van der Waals surface area contributed by atoms with Gasteiger partial charge in [-0.3, -0.25) is 14.3 Å². The first-order valence-corrected chi connectivity index (χ1v) is 7.25. The van der Waals surface area contributed by atoms with Crippen molar-refractivity contribution < 1.29 is 14.3 Å². The summed E-state index contributed by atoms with van der Waals surface area (Å²) in [6, 6.07) is 0. The van der Waals surface area contributed by atoms with Crippen molar-refractivity contribution in [3.05, 3.63) is 12.4 Å². The van der Waals surface area contributed by atoms with Crippen LogP contribution in [0.5, 0.6) is 0 Å². The molecule has 7 heteroatoms. The van der Waals surface area contributed by atoms with Crippen molar-refractivity contribution in [1.29, 1.82) is 0 Å². The molecule has 19 heavy (non-hydrogen) atoms. The van der Waals surface area contributed by atoms with E-state index in [1.165, 1.54) is 24.4 Å². The number of aromatic nitrogens is 2. The highest BCUT2D eigenvalue weighted by atomic mass is 32.2. The van der Waals surface area contributed by atoms with Gasteiger partial charge in [-0.05, 0) is 18.6 Å². The van der Waals surface area contributed by atoms with E-state index in [1.807, 2.05) is 0 Å². The molecule has 6 nitrogen and oxygen atoms in total. The van der Waals surface area contributed by atoms with Crippen molar-refractivity contribution in [3.8, 4) is 0 Å². The minimum absolute atomic E-state index is 0.0160. The molecule has 1 amide bonds. The number of carbonyl (C=O) groups is 2. The van der Waals surface area contributed by atoms with Gasteiger partial charge in [-0.1, -0.05) is 6.42 Å². The van der Waals surface area contributed by atoms with Crippen molar-refractivity contribution in [2.75, 3.05) is 18.2 Å². The van der Waals surface area contributed by atoms with Crippen LogP contribution in [0.4, 0.5) is 5.69 Å². The fraction of sp³-hybridized carbons (Fsp3) is 0.583. The van der Waals surface area contributed by atoms with Crippen molar-refractivity contribution in [3.63, 3.8) is 0 Å². The molecule has 1 aliphatic rings. The van der Waals surface area contributed by atoms with Crippen LogP contribution in [0.1, 0.15) is 19.3 Å². The van der Waals surface area contributed by atoms with E-state index in [2.05, 4.69) is 15.2 Å². The van der Waals surface area contributed by atoms with Crippen LogP contribution in [0.2, 0.25) is 0 Å². The Bertz CT molecular complexity index is 455. The summed E-state index contributed by atoms with van der Waals surface area (Å²) in [6.07, 6.45) is 6.38. The molecule has 1 aliphatic heterocycles. The van der Waals surface area contributed by atoms with E-state index in [1.54, 1.807) is 18.0 Å². The molecule has 1 saturated heterocycles. The molecule has 104 valence electrons. The lowest BCUT2D eigenvalue weighted by Gasteiger charge is -2.19. The standard InChI is InChI=1S/C12H17N3O3S/c1-18-11(16)8-15-7-9(6-13-15)14-12(17)10-4-2-3-5-19-10/h6-7,10H,2-5,8H2,1H3,(H,14,17). The summed E-state index contributed by atoms with van der Waals surface area (Å²) in [7, 11) is 1.33. The van der Waals surface area contributed by atoms with Gasteiger partial charge in [-0.25, -0.2) is 0 Å². The van der Waals surface area contributed by atoms with Crippen LogP contribution in [0.25, 0.3) is 0 Å². The topological polar surface area (TPSA) is 73.2 Å². The number of esters is 1. The third-order valence-electron chi connectivity index (χ3n) is 2.89. The molecule has 0 radical (unpaired) electrons. The molecule has 0 saturated carbocycles. The molecule has 2 heterocycles. The zero-order chi connectivity index (χ0) is 13.7. The van der Waals surface area contributed by atoms with E-state index in [0.717, 1.165) is 18.6 Å². The molecule has 1 unspecified atom stereocenters. The van der Waals surface area contributed by atoms with Gasteiger partial charge in [0.25, 0.3) is 0 Å². The Balaban J connectivity index is 1.88. The summed E-state index contributed by atoms with van der Waals surface area (Å²) < 4.78 is 5.99. The SMILES string of the molecule is COC(=O)Cn1cc(NC(=O)C2CCCCS2)cn1. The first kappa shape index (κ1) is 13.9. The fourth-order valence-electron chi connectivity index (χ4n) is 1.88. The molecule has 2 rings (SSSR count). The van der Waals surface area contributed by atoms with Crippen molar-refractivity contribution in [2.24, 2.45) is 0 Å². The quantitative estimate of drug-likeness (QED) is 0.843. The summed E-state index contributed by atoms with van der Waals surface area (Å²) in [6.45, 7) is 0.0462. The van der Waals surface area contributed by atoms with Crippen LogP contribution in [-0.2, 0) is 20.9 Å². The molecule has 1 atom stereocenters. The van der Waals surface area contributed by atoms with Crippen molar-refractivity contribution >= 4 is 29.3 Å². The molecule has 1 N–H and O–H groups in total. The maximum absolute atomic E-state index is 12.0. The molecule has 0 aromatic carbocycles. The fourth-order valence-corrected chi connectivity index (χ4v) is 3.08. The number of methoxy groups -OCH3 is 1. The Morgan fingerprint density at radius 2 is 2.42 bits per heavy atom. The minimum Gasteiger partial charge on any atom is -0.468 e. The number of hydrogen-bond acceptors (Lipinski definition) is 5. The van der Waals surface area contributed by atoms with Crippen molar-refractivity contribution in [1.82, 2.24) is 9.78 Å². The molecule has 0 bridgehead atoms. The average Bonchev–Trinajstić information content (AvgIpc) is 2.86. The molecule has 1 fully saturated rings. The maximum atomic E-state index is 12.0. The molecular weight excluding hydrogens is 266 g/mol. The molecular formula is C12H17N3O3S. The number of nitrogens with zero attached hydrogens (tertiary/aromatic N) is 2. The number of rotatable bonds is 4. The second kappa shape index (κ2) is 6.60. The van der Waals surface area contributed by atoms with Gasteiger partial charge in [0.05, 0.1) is 24.2 Å². The first-order chi connectivity index (χ1) is 9.19. The number of amides is 1. The summed E-state index contributed by atoms with van der Waals surface area (Å²) in [5, 5.41) is 6.85. The van der Waals surface area contributed by atoms with Crippen LogP contribution in [-0.4, -0.2) is 39.8 Å². The van der Waals surface area contributed by atoms with E-state index in [4.69, 9.17) is 0 Å².